The summed E-state index contributed by atoms with van der Waals surface area (Å²) in [7, 11) is 0. The highest BCUT2D eigenvalue weighted by atomic mass is 35.5. The summed E-state index contributed by atoms with van der Waals surface area (Å²) < 4.78 is 0. The molecule has 1 saturated heterocycles. The summed E-state index contributed by atoms with van der Waals surface area (Å²) in [5.74, 6) is 0.608. The number of halogens is 1. The summed E-state index contributed by atoms with van der Waals surface area (Å²) >= 11 is 5.82. The van der Waals surface area contributed by atoms with Crippen LogP contribution in [-0.2, 0) is 0 Å². The molecular weight excluding hydrogens is 242 g/mol. The Morgan fingerprint density at radius 2 is 2.29 bits per heavy atom. The number of nitrogens with zero attached hydrogens (tertiary/aromatic N) is 3. The zero-order valence-electron chi connectivity index (χ0n) is 9.60. The molecular formula is C11H14ClN3O2. The minimum Gasteiger partial charge on any atom is -0.354 e. The maximum absolute atomic E-state index is 10.8. The van der Waals surface area contributed by atoms with Gasteiger partial charge in [-0.05, 0) is 26.2 Å². The van der Waals surface area contributed by atoms with Crippen molar-refractivity contribution in [3.63, 3.8) is 0 Å². The molecule has 0 spiro atoms. The lowest BCUT2D eigenvalue weighted by Gasteiger charge is -2.34. The molecule has 1 aromatic heterocycles. The number of rotatable bonds is 2. The molecule has 2 heterocycles. The summed E-state index contributed by atoms with van der Waals surface area (Å²) in [4.78, 5) is 16.6. The molecule has 0 N–H and O–H groups in total. The molecule has 1 aliphatic rings. The number of anilines is 1. The van der Waals surface area contributed by atoms with Crippen LogP contribution in [0.3, 0.4) is 0 Å². The van der Waals surface area contributed by atoms with Gasteiger partial charge in [-0.25, -0.2) is 4.98 Å². The second-order valence-corrected chi connectivity index (χ2v) is 4.69. The van der Waals surface area contributed by atoms with E-state index in [1.54, 1.807) is 0 Å². The van der Waals surface area contributed by atoms with Crippen LogP contribution in [0.15, 0.2) is 12.1 Å². The van der Waals surface area contributed by atoms with Crippen molar-refractivity contribution < 1.29 is 4.92 Å². The molecule has 17 heavy (non-hydrogen) atoms. The van der Waals surface area contributed by atoms with E-state index in [0.29, 0.717) is 11.9 Å². The van der Waals surface area contributed by atoms with Gasteiger partial charge in [0.1, 0.15) is 11.0 Å². The van der Waals surface area contributed by atoms with Crippen LogP contribution in [0.25, 0.3) is 0 Å². The van der Waals surface area contributed by atoms with E-state index in [-0.39, 0.29) is 10.8 Å². The van der Waals surface area contributed by atoms with Gasteiger partial charge in [0.2, 0.25) is 0 Å². The molecule has 1 unspecified atom stereocenters. The predicted octanol–water partition coefficient (Wildman–Crippen LogP) is 3.02. The van der Waals surface area contributed by atoms with Gasteiger partial charge in [0.25, 0.3) is 5.69 Å². The smallest absolute Gasteiger partial charge is 0.276 e. The molecule has 0 amide bonds. The number of aromatic nitrogens is 1. The van der Waals surface area contributed by atoms with E-state index in [1.807, 2.05) is 0 Å². The zero-order valence-corrected chi connectivity index (χ0v) is 10.4. The van der Waals surface area contributed by atoms with Gasteiger partial charge in [-0.1, -0.05) is 11.6 Å². The van der Waals surface area contributed by atoms with Crippen LogP contribution < -0.4 is 4.90 Å². The molecule has 0 saturated carbocycles. The second-order valence-electron chi connectivity index (χ2n) is 4.30. The fourth-order valence-corrected chi connectivity index (χ4v) is 2.36. The standard InChI is InChI=1S/C11H14ClN3O2/c1-8-4-2-3-5-14(8)11-7-9(15(16)17)6-10(12)13-11/h6-8H,2-5H2,1H3. The van der Waals surface area contributed by atoms with Crippen LogP contribution in [0.2, 0.25) is 5.15 Å². The molecule has 1 aliphatic heterocycles. The molecule has 0 radical (unpaired) electrons. The van der Waals surface area contributed by atoms with Gasteiger partial charge >= 0.3 is 0 Å². The fourth-order valence-electron chi connectivity index (χ4n) is 2.16. The van der Waals surface area contributed by atoms with Crippen LogP contribution in [0.4, 0.5) is 11.5 Å². The highest BCUT2D eigenvalue weighted by Crippen LogP contribution is 2.27. The first-order chi connectivity index (χ1) is 8.08. The Bertz CT molecular complexity index is 439. The topological polar surface area (TPSA) is 59.3 Å². The van der Waals surface area contributed by atoms with Gasteiger partial charge in [-0.2, -0.15) is 0 Å². The largest absolute Gasteiger partial charge is 0.354 e. The van der Waals surface area contributed by atoms with E-state index < -0.39 is 4.92 Å². The third kappa shape index (κ3) is 2.66. The average Bonchev–Trinajstić information content (AvgIpc) is 2.28. The van der Waals surface area contributed by atoms with Crippen LogP contribution in [0.1, 0.15) is 26.2 Å². The third-order valence-corrected chi connectivity index (χ3v) is 3.27. The van der Waals surface area contributed by atoms with Crippen molar-refractivity contribution in [2.24, 2.45) is 0 Å². The van der Waals surface area contributed by atoms with Crippen molar-refractivity contribution in [2.45, 2.75) is 32.2 Å². The summed E-state index contributed by atoms with van der Waals surface area (Å²) in [6, 6.07) is 3.13. The number of hydrogen-bond donors (Lipinski definition) is 0. The lowest BCUT2D eigenvalue weighted by atomic mass is 10.0. The van der Waals surface area contributed by atoms with Crippen LogP contribution in [0.5, 0.6) is 0 Å². The van der Waals surface area contributed by atoms with E-state index in [9.17, 15) is 10.1 Å². The van der Waals surface area contributed by atoms with E-state index in [0.717, 1.165) is 19.4 Å². The molecule has 1 aromatic rings. The van der Waals surface area contributed by atoms with Crippen LogP contribution in [0, 0.1) is 10.1 Å². The number of pyridine rings is 1. The predicted molar refractivity (Wildman–Crippen MR) is 66.6 cm³/mol. The monoisotopic (exact) mass is 255 g/mol. The number of piperidine rings is 1. The quantitative estimate of drug-likeness (QED) is 0.463. The van der Waals surface area contributed by atoms with Gasteiger partial charge in [-0.15, -0.1) is 0 Å². The van der Waals surface area contributed by atoms with Crippen LogP contribution >= 0.6 is 11.6 Å². The van der Waals surface area contributed by atoms with Crippen molar-refractivity contribution in [3.05, 3.63) is 27.4 Å². The Balaban J connectivity index is 2.33. The molecule has 5 nitrogen and oxygen atoms in total. The minimum atomic E-state index is -0.439. The Kier molecular flexibility index (Phi) is 3.47. The van der Waals surface area contributed by atoms with Gasteiger partial charge in [0, 0.05) is 12.6 Å². The average molecular weight is 256 g/mol. The second kappa shape index (κ2) is 4.87. The summed E-state index contributed by atoms with van der Waals surface area (Å²) in [6.45, 7) is 2.99. The van der Waals surface area contributed by atoms with Crippen LogP contribution in [-0.4, -0.2) is 22.5 Å². The molecule has 2 rings (SSSR count). The molecule has 0 aromatic carbocycles. The highest BCUT2D eigenvalue weighted by molar-refractivity contribution is 6.29. The molecule has 1 atom stereocenters. The third-order valence-electron chi connectivity index (χ3n) is 3.07. The van der Waals surface area contributed by atoms with Crippen molar-refractivity contribution >= 4 is 23.1 Å². The first-order valence-corrected chi connectivity index (χ1v) is 6.04. The number of nitro groups is 1. The first kappa shape index (κ1) is 12.1. The molecule has 0 bridgehead atoms. The van der Waals surface area contributed by atoms with Gasteiger partial charge in [0.15, 0.2) is 0 Å². The lowest BCUT2D eigenvalue weighted by molar-refractivity contribution is -0.384. The van der Waals surface area contributed by atoms with E-state index in [2.05, 4.69) is 16.8 Å². The van der Waals surface area contributed by atoms with Gasteiger partial charge < -0.3 is 4.90 Å². The van der Waals surface area contributed by atoms with Crippen molar-refractivity contribution in [1.29, 1.82) is 0 Å². The maximum atomic E-state index is 10.8. The summed E-state index contributed by atoms with van der Waals surface area (Å²) in [5.41, 5.74) is -0.00206. The van der Waals surface area contributed by atoms with E-state index >= 15 is 0 Å². The minimum absolute atomic E-state index is 0.00206. The summed E-state index contributed by atoms with van der Waals surface area (Å²) in [5, 5.41) is 10.9. The van der Waals surface area contributed by atoms with Gasteiger partial charge in [-0.3, -0.25) is 10.1 Å². The maximum Gasteiger partial charge on any atom is 0.276 e. The molecule has 0 aliphatic carbocycles. The lowest BCUT2D eigenvalue weighted by Crippen LogP contribution is -2.38. The van der Waals surface area contributed by atoms with E-state index in [1.165, 1.54) is 18.6 Å². The number of hydrogen-bond acceptors (Lipinski definition) is 4. The Morgan fingerprint density at radius 3 is 2.94 bits per heavy atom. The highest BCUT2D eigenvalue weighted by Gasteiger charge is 2.22. The van der Waals surface area contributed by atoms with Crippen molar-refractivity contribution in [3.8, 4) is 0 Å². The van der Waals surface area contributed by atoms with Gasteiger partial charge in [0.05, 0.1) is 17.1 Å². The first-order valence-electron chi connectivity index (χ1n) is 5.66. The normalized spacial score (nSPS) is 20.4. The Labute approximate surface area is 105 Å². The molecule has 6 heteroatoms. The molecule has 92 valence electrons. The fraction of sp³-hybridized carbons (Fsp3) is 0.545. The Morgan fingerprint density at radius 1 is 1.53 bits per heavy atom. The summed E-state index contributed by atoms with van der Waals surface area (Å²) in [6.07, 6.45) is 3.37. The molecule has 1 fully saturated rings. The van der Waals surface area contributed by atoms with Crippen molar-refractivity contribution in [2.75, 3.05) is 11.4 Å². The Hall–Kier alpha value is -1.36. The van der Waals surface area contributed by atoms with Crippen molar-refractivity contribution in [1.82, 2.24) is 4.98 Å². The zero-order chi connectivity index (χ0) is 12.4. The SMILES string of the molecule is CC1CCCCN1c1cc([N+](=O)[O-])cc(Cl)n1. The van der Waals surface area contributed by atoms with E-state index in [4.69, 9.17) is 11.6 Å².